The maximum atomic E-state index is 13.3. The highest BCUT2D eigenvalue weighted by Gasteiger charge is 2.17. The predicted octanol–water partition coefficient (Wildman–Crippen LogP) is 4.72. The topological polar surface area (TPSA) is 55.2 Å². The van der Waals surface area contributed by atoms with Gasteiger partial charge in [-0.3, -0.25) is 10.1 Å². The van der Waals surface area contributed by atoms with Crippen LogP contribution in [-0.2, 0) is 0 Å². The normalized spacial score (nSPS) is 10.6. The molecule has 20 heavy (non-hydrogen) atoms. The molecule has 1 aromatic carbocycles. The van der Waals surface area contributed by atoms with E-state index in [0.717, 1.165) is 37.1 Å². The average molecular weight is 321 g/mol. The molecular formula is C13H18ClFN2O2S. The Kier molecular flexibility index (Phi) is 7.69. The van der Waals surface area contributed by atoms with E-state index in [0.29, 0.717) is 6.54 Å². The molecule has 0 amide bonds. The molecule has 0 saturated heterocycles. The number of nitro benzene ring substituents is 1. The summed E-state index contributed by atoms with van der Waals surface area (Å²) in [6.45, 7) is 0.585. The molecule has 0 aliphatic rings. The van der Waals surface area contributed by atoms with Crippen LogP contribution in [0.2, 0.25) is 5.02 Å². The Morgan fingerprint density at radius 1 is 1.35 bits per heavy atom. The third-order valence-corrected chi connectivity index (χ3v) is 3.81. The second kappa shape index (κ2) is 9.02. The number of unbranched alkanes of at least 4 members (excludes halogenated alkanes) is 3. The largest absolute Gasteiger partial charge is 0.379 e. The number of thioether (sulfide) groups is 1. The number of rotatable bonds is 9. The molecule has 0 atom stereocenters. The molecule has 1 rings (SSSR count). The van der Waals surface area contributed by atoms with Gasteiger partial charge in [-0.25, -0.2) is 4.39 Å². The fraction of sp³-hybridized carbons (Fsp3) is 0.538. The van der Waals surface area contributed by atoms with E-state index in [9.17, 15) is 14.5 Å². The van der Waals surface area contributed by atoms with Gasteiger partial charge >= 0.3 is 0 Å². The highest BCUT2D eigenvalue weighted by atomic mass is 35.5. The standard InChI is InChI=1S/C13H18ClFN2O2S/c1-20-7-5-3-2-4-6-16-12-9-11(15)10(14)8-13(12)17(18)19/h8-9,16H,2-7H2,1H3. The summed E-state index contributed by atoms with van der Waals surface area (Å²) >= 11 is 7.38. The van der Waals surface area contributed by atoms with E-state index >= 15 is 0 Å². The van der Waals surface area contributed by atoms with Gasteiger partial charge in [-0.15, -0.1) is 0 Å². The van der Waals surface area contributed by atoms with E-state index in [-0.39, 0.29) is 16.4 Å². The number of nitrogens with zero attached hydrogens (tertiary/aromatic N) is 1. The maximum Gasteiger partial charge on any atom is 0.294 e. The summed E-state index contributed by atoms with van der Waals surface area (Å²) in [5.41, 5.74) is -0.0141. The molecule has 0 spiro atoms. The number of nitro groups is 1. The third kappa shape index (κ3) is 5.54. The Balaban J connectivity index is 2.47. The molecule has 112 valence electrons. The molecule has 0 heterocycles. The van der Waals surface area contributed by atoms with Crippen molar-refractivity contribution in [1.29, 1.82) is 0 Å². The minimum absolute atomic E-state index is 0.181. The smallest absolute Gasteiger partial charge is 0.294 e. The van der Waals surface area contributed by atoms with E-state index in [2.05, 4.69) is 11.6 Å². The zero-order chi connectivity index (χ0) is 15.0. The average Bonchev–Trinajstić information content (AvgIpc) is 2.41. The first-order valence-corrected chi connectivity index (χ1v) is 8.19. The minimum atomic E-state index is -0.653. The highest BCUT2D eigenvalue weighted by molar-refractivity contribution is 7.98. The van der Waals surface area contributed by atoms with Crippen molar-refractivity contribution in [3.8, 4) is 0 Å². The summed E-state index contributed by atoms with van der Waals surface area (Å²) in [6, 6.07) is 2.12. The van der Waals surface area contributed by atoms with Gasteiger partial charge in [0.25, 0.3) is 5.69 Å². The summed E-state index contributed by atoms with van der Waals surface area (Å²) in [5, 5.41) is 13.5. The van der Waals surface area contributed by atoms with E-state index in [1.807, 2.05) is 11.8 Å². The van der Waals surface area contributed by atoms with Gasteiger partial charge in [0.05, 0.1) is 9.95 Å². The van der Waals surface area contributed by atoms with Crippen LogP contribution in [0.25, 0.3) is 0 Å². The molecule has 7 heteroatoms. The van der Waals surface area contributed by atoms with Crippen molar-refractivity contribution in [1.82, 2.24) is 0 Å². The van der Waals surface area contributed by atoms with Crippen LogP contribution in [0.1, 0.15) is 25.7 Å². The molecular weight excluding hydrogens is 303 g/mol. The van der Waals surface area contributed by atoms with Crippen molar-refractivity contribution >= 4 is 34.7 Å². The second-order valence-corrected chi connectivity index (χ2v) is 5.77. The summed E-state index contributed by atoms with van der Waals surface area (Å²) < 4.78 is 13.3. The van der Waals surface area contributed by atoms with Crippen molar-refractivity contribution in [2.75, 3.05) is 23.9 Å². The quantitative estimate of drug-likeness (QED) is 0.406. The molecule has 1 N–H and O–H groups in total. The van der Waals surface area contributed by atoms with E-state index in [4.69, 9.17) is 11.6 Å². The summed E-state index contributed by atoms with van der Waals surface area (Å²) in [7, 11) is 0. The lowest BCUT2D eigenvalue weighted by molar-refractivity contribution is -0.384. The number of nitrogens with one attached hydrogen (secondary N) is 1. The lowest BCUT2D eigenvalue weighted by Crippen LogP contribution is -2.05. The van der Waals surface area contributed by atoms with Crippen LogP contribution >= 0.6 is 23.4 Å². The van der Waals surface area contributed by atoms with Gasteiger partial charge in [0.1, 0.15) is 11.5 Å². The van der Waals surface area contributed by atoms with Crippen molar-refractivity contribution in [3.05, 3.63) is 33.1 Å². The van der Waals surface area contributed by atoms with Crippen LogP contribution in [0.4, 0.5) is 15.8 Å². The van der Waals surface area contributed by atoms with Gasteiger partial charge < -0.3 is 5.32 Å². The molecule has 4 nitrogen and oxygen atoms in total. The molecule has 0 saturated carbocycles. The number of halogens is 2. The Hall–Kier alpha value is -1.01. The van der Waals surface area contributed by atoms with Gasteiger partial charge in [-0.2, -0.15) is 11.8 Å². The fourth-order valence-corrected chi connectivity index (χ4v) is 2.43. The lowest BCUT2D eigenvalue weighted by Gasteiger charge is -2.08. The lowest BCUT2D eigenvalue weighted by atomic mass is 10.2. The first-order chi connectivity index (χ1) is 9.56. The molecule has 0 aromatic heterocycles. The minimum Gasteiger partial charge on any atom is -0.379 e. The maximum absolute atomic E-state index is 13.3. The Morgan fingerprint density at radius 2 is 2.05 bits per heavy atom. The monoisotopic (exact) mass is 320 g/mol. The van der Waals surface area contributed by atoms with Crippen molar-refractivity contribution in [2.45, 2.75) is 25.7 Å². The zero-order valence-corrected chi connectivity index (χ0v) is 12.9. The van der Waals surface area contributed by atoms with Gasteiger partial charge in [0.2, 0.25) is 0 Å². The van der Waals surface area contributed by atoms with Crippen LogP contribution in [0, 0.1) is 15.9 Å². The van der Waals surface area contributed by atoms with Crippen LogP contribution in [0.15, 0.2) is 12.1 Å². The van der Waals surface area contributed by atoms with Crippen LogP contribution in [0.5, 0.6) is 0 Å². The molecule has 0 radical (unpaired) electrons. The van der Waals surface area contributed by atoms with Crippen LogP contribution < -0.4 is 5.32 Å². The van der Waals surface area contributed by atoms with Crippen LogP contribution in [-0.4, -0.2) is 23.5 Å². The molecule has 0 bridgehead atoms. The van der Waals surface area contributed by atoms with Crippen LogP contribution in [0.3, 0.4) is 0 Å². The number of anilines is 1. The zero-order valence-electron chi connectivity index (χ0n) is 11.3. The van der Waals surface area contributed by atoms with E-state index < -0.39 is 10.7 Å². The van der Waals surface area contributed by atoms with E-state index in [1.54, 1.807) is 0 Å². The predicted molar refractivity (Wildman–Crippen MR) is 83.4 cm³/mol. The summed E-state index contributed by atoms with van der Waals surface area (Å²) in [4.78, 5) is 10.3. The first kappa shape index (κ1) is 17.0. The van der Waals surface area contributed by atoms with Crippen molar-refractivity contribution in [3.63, 3.8) is 0 Å². The summed E-state index contributed by atoms with van der Waals surface area (Å²) in [6.07, 6.45) is 6.35. The molecule has 0 aliphatic carbocycles. The van der Waals surface area contributed by atoms with Crippen molar-refractivity contribution < 1.29 is 9.31 Å². The third-order valence-electron chi connectivity index (χ3n) is 2.83. The number of hydrogen-bond donors (Lipinski definition) is 1. The van der Waals surface area contributed by atoms with Gasteiger partial charge in [-0.1, -0.05) is 24.4 Å². The SMILES string of the molecule is CSCCCCCCNc1cc(F)c(Cl)cc1[N+](=O)[O-]. The van der Waals surface area contributed by atoms with Gasteiger partial charge in [0.15, 0.2) is 0 Å². The van der Waals surface area contributed by atoms with E-state index in [1.165, 1.54) is 6.42 Å². The summed E-state index contributed by atoms with van der Waals surface area (Å²) in [5.74, 6) is 0.501. The van der Waals surface area contributed by atoms with Gasteiger partial charge in [-0.05, 0) is 24.9 Å². The molecule has 0 unspecified atom stereocenters. The Labute approximate surface area is 127 Å². The highest BCUT2D eigenvalue weighted by Crippen LogP contribution is 2.30. The molecule has 0 aliphatic heterocycles. The van der Waals surface area contributed by atoms with Crippen molar-refractivity contribution in [2.24, 2.45) is 0 Å². The molecule has 0 fully saturated rings. The van der Waals surface area contributed by atoms with Gasteiger partial charge in [0, 0.05) is 18.7 Å². The second-order valence-electron chi connectivity index (χ2n) is 4.37. The first-order valence-electron chi connectivity index (χ1n) is 6.42. The fourth-order valence-electron chi connectivity index (χ4n) is 1.78. The Bertz CT molecular complexity index is 460. The molecule has 1 aromatic rings. The Morgan fingerprint density at radius 3 is 2.70 bits per heavy atom. The number of hydrogen-bond acceptors (Lipinski definition) is 4. The number of benzene rings is 1.